The molecule has 1 N–H and O–H groups in total. The second-order valence-electron chi connectivity index (χ2n) is 7.60. The van der Waals surface area contributed by atoms with Crippen LogP contribution in [0.3, 0.4) is 0 Å². The number of methoxy groups -OCH3 is 1. The maximum Gasteiger partial charge on any atom is 0.168 e. The Balaban J connectivity index is 1.94. The van der Waals surface area contributed by atoms with Gasteiger partial charge in [0.05, 0.1) is 17.2 Å². The van der Waals surface area contributed by atoms with E-state index in [2.05, 4.69) is 76.9 Å². The highest BCUT2D eigenvalue weighted by Gasteiger charge is 2.18. The average Bonchev–Trinajstić information content (AvgIpc) is 2.77. The molecule has 0 bridgehead atoms. The van der Waals surface area contributed by atoms with Crippen molar-refractivity contribution in [1.82, 2.24) is 20.2 Å². The predicted molar refractivity (Wildman–Crippen MR) is 127 cm³/mol. The van der Waals surface area contributed by atoms with Crippen LogP contribution in [0.15, 0.2) is 46.5 Å². The molecule has 0 aliphatic rings. The van der Waals surface area contributed by atoms with E-state index in [1.165, 1.54) is 5.56 Å². The molecule has 0 saturated carbocycles. The van der Waals surface area contributed by atoms with Crippen LogP contribution in [0.5, 0.6) is 0 Å². The third-order valence-corrected chi connectivity index (χ3v) is 6.14. The lowest BCUT2D eigenvalue weighted by atomic mass is 10.1. The van der Waals surface area contributed by atoms with Crippen molar-refractivity contribution in [2.24, 2.45) is 4.99 Å². The van der Waals surface area contributed by atoms with Gasteiger partial charge in [0, 0.05) is 32.1 Å². The fraction of sp³-hybridized carbons (Fsp3) is 0.522. The standard InChI is InChI=1S/C23H35N5OS/c1-18(2)21-22(23(24-4)27-16-26-21)30-17-28(13-14-29-5)19(3)11-12-25-15-20-9-7-6-8-10-20/h6-10,16,18-19,25H,4,11-15,17H2,1-3,5H3/t19-/m1/s1. The summed E-state index contributed by atoms with van der Waals surface area (Å²) >= 11 is 1.74. The number of ether oxygens (including phenoxy) is 1. The third-order valence-electron chi connectivity index (χ3n) is 5.00. The van der Waals surface area contributed by atoms with Crippen LogP contribution in [0.25, 0.3) is 0 Å². The molecule has 1 aromatic heterocycles. The number of rotatable bonds is 14. The van der Waals surface area contributed by atoms with Gasteiger partial charge < -0.3 is 10.1 Å². The van der Waals surface area contributed by atoms with Crippen molar-refractivity contribution in [3.05, 3.63) is 47.9 Å². The summed E-state index contributed by atoms with van der Waals surface area (Å²) in [5.41, 5.74) is 2.34. The second-order valence-corrected chi connectivity index (χ2v) is 8.56. The molecule has 1 heterocycles. The largest absolute Gasteiger partial charge is 0.383 e. The van der Waals surface area contributed by atoms with Crippen LogP contribution in [0.2, 0.25) is 0 Å². The van der Waals surface area contributed by atoms with Gasteiger partial charge in [0.1, 0.15) is 6.33 Å². The fourth-order valence-corrected chi connectivity index (χ4v) is 4.49. The topological polar surface area (TPSA) is 62.6 Å². The van der Waals surface area contributed by atoms with Crippen LogP contribution in [0.4, 0.5) is 5.82 Å². The Hall–Kier alpha value is -1.80. The molecule has 2 aromatic rings. The normalized spacial score (nSPS) is 12.5. The summed E-state index contributed by atoms with van der Waals surface area (Å²) in [4.78, 5) is 16.4. The van der Waals surface area contributed by atoms with Gasteiger partial charge in [-0.05, 0) is 38.1 Å². The zero-order valence-corrected chi connectivity index (χ0v) is 19.5. The van der Waals surface area contributed by atoms with E-state index in [9.17, 15) is 0 Å². The van der Waals surface area contributed by atoms with Crippen molar-refractivity contribution in [2.45, 2.75) is 50.6 Å². The Morgan fingerprint density at radius 3 is 2.63 bits per heavy atom. The summed E-state index contributed by atoms with van der Waals surface area (Å²) in [6.07, 6.45) is 2.64. The Bertz CT molecular complexity index is 757. The molecule has 6 nitrogen and oxygen atoms in total. The van der Waals surface area contributed by atoms with Crippen LogP contribution in [0, 0.1) is 0 Å². The quantitative estimate of drug-likeness (QED) is 0.206. The van der Waals surface area contributed by atoms with Gasteiger partial charge in [-0.15, -0.1) is 11.8 Å². The molecule has 0 aliphatic heterocycles. The number of aliphatic imine (C=N–C) groups is 1. The predicted octanol–water partition coefficient (Wildman–Crippen LogP) is 4.50. The Morgan fingerprint density at radius 1 is 1.20 bits per heavy atom. The minimum Gasteiger partial charge on any atom is -0.383 e. The van der Waals surface area contributed by atoms with E-state index in [0.29, 0.717) is 24.4 Å². The fourth-order valence-electron chi connectivity index (χ4n) is 3.13. The van der Waals surface area contributed by atoms with Crippen molar-refractivity contribution in [3.63, 3.8) is 0 Å². The van der Waals surface area contributed by atoms with Gasteiger partial charge in [-0.3, -0.25) is 4.90 Å². The molecule has 7 heteroatoms. The zero-order valence-electron chi connectivity index (χ0n) is 18.7. The molecule has 0 saturated heterocycles. The van der Waals surface area contributed by atoms with Gasteiger partial charge in [0.25, 0.3) is 0 Å². The van der Waals surface area contributed by atoms with Crippen LogP contribution < -0.4 is 5.32 Å². The molecular weight excluding hydrogens is 394 g/mol. The SMILES string of the molecule is C=Nc1ncnc(C(C)C)c1SCN(CCOC)[C@H](C)CCNCc1ccccc1. The number of benzene rings is 1. The number of nitrogens with zero attached hydrogens (tertiary/aromatic N) is 4. The van der Waals surface area contributed by atoms with E-state index >= 15 is 0 Å². The van der Waals surface area contributed by atoms with Crippen molar-refractivity contribution in [3.8, 4) is 0 Å². The first-order valence-corrected chi connectivity index (χ1v) is 11.5. The van der Waals surface area contributed by atoms with Crippen LogP contribution in [-0.4, -0.2) is 60.3 Å². The Kier molecular flexibility index (Phi) is 11.0. The molecule has 2 rings (SSSR count). The van der Waals surface area contributed by atoms with E-state index in [4.69, 9.17) is 4.74 Å². The minimum atomic E-state index is 0.308. The average molecular weight is 430 g/mol. The maximum absolute atomic E-state index is 5.35. The zero-order chi connectivity index (χ0) is 21.8. The lowest BCUT2D eigenvalue weighted by Gasteiger charge is -2.29. The molecule has 0 fully saturated rings. The number of nitrogens with one attached hydrogen (secondary N) is 1. The first kappa shape index (κ1) is 24.5. The first-order chi connectivity index (χ1) is 14.6. The van der Waals surface area contributed by atoms with Crippen LogP contribution >= 0.6 is 11.8 Å². The molecule has 30 heavy (non-hydrogen) atoms. The van der Waals surface area contributed by atoms with Gasteiger partial charge in [-0.2, -0.15) is 0 Å². The van der Waals surface area contributed by atoms with Crippen LogP contribution in [-0.2, 0) is 11.3 Å². The highest BCUT2D eigenvalue weighted by molar-refractivity contribution is 7.99. The number of hydrogen-bond acceptors (Lipinski definition) is 7. The monoisotopic (exact) mass is 429 g/mol. The highest BCUT2D eigenvalue weighted by atomic mass is 32.2. The summed E-state index contributed by atoms with van der Waals surface area (Å²) in [7, 11) is 1.75. The minimum absolute atomic E-state index is 0.308. The van der Waals surface area contributed by atoms with E-state index in [1.807, 2.05) is 6.07 Å². The summed E-state index contributed by atoms with van der Waals surface area (Å²) in [6, 6.07) is 10.9. The lowest BCUT2D eigenvalue weighted by Crippen LogP contribution is -2.37. The Labute approximate surface area is 185 Å². The maximum atomic E-state index is 5.35. The van der Waals surface area contributed by atoms with E-state index in [1.54, 1.807) is 25.2 Å². The second kappa shape index (κ2) is 13.5. The van der Waals surface area contributed by atoms with Gasteiger partial charge in [0.2, 0.25) is 0 Å². The van der Waals surface area contributed by atoms with Gasteiger partial charge in [0.15, 0.2) is 5.82 Å². The van der Waals surface area contributed by atoms with Gasteiger partial charge in [-0.25, -0.2) is 15.0 Å². The highest BCUT2D eigenvalue weighted by Crippen LogP contribution is 2.34. The number of aromatic nitrogens is 2. The van der Waals surface area contributed by atoms with E-state index < -0.39 is 0 Å². The van der Waals surface area contributed by atoms with Crippen molar-refractivity contribution in [2.75, 3.05) is 32.7 Å². The molecular formula is C23H35N5OS. The van der Waals surface area contributed by atoms with Gasteiger partial charge in [-0.1, -0.05) is 44.2 Å². The van der Waals surface area contributed by atoms with Crippen molar-refractivity contribution in [1.29, 1.82) is 0 Å². The van der Waals surface area contributed by atoms with Crippen molar-refractivity contribution < 1.29 is 4.74 Å². The van der Waals surface area contributed by atoms with Crippen LogP contribution in [0.1, 0.15) is 44.4 Å². The Morgan fingerprint density at radius 2 is 1.97 bits per heavy atom. The molecule has 0 amide bonds. The van der Waals surface area contributed by atoms with Gasteiger partial charge >= 0.3 is 0 Å². The summed E-state index contributed by atoms with van der Waals surface area (Å²) in [5, 5.41) is 3.55. The van der Waals surface area contributed by atoms with E-state index in [-0.39, 0.29) is 0 Å². The molecule has 1 atom stereocenters. The summed E-state index contributed by atoms with van der Waals surface area (Å²) < 4.78 is 5.35. The molecule has 0 aliphatic carbocycles. The number of thioether (sulfide) groups is 1. The van der Waals surface area contributed by atoms with Crippen molar-refractivity contribution >= 4 is 24.3 Å². The first-order valence-electron chi connectivity index (χ1n) is 10.5. The third kappa shape index (κ3) is 7.80. The number of hydrogen-bond donors (Lipinski definition) is 1. The molecule has 1 aromatic carbocycles. The molecule has 0 unspecified atom stereocenters. The lowest BCUT2D eigenvalue weighted by molar-refractivity contribution is 0.136. The molecule has 0 spiro atoms. The summed E-state index contributed by atoms with van der Waals surface area (Å²) in [5.74, 6) is 1.81. The smallest absolute Gasteiger partial charge is 0.168 e. The van der Waals surface area contributed by atoms with E-state index in [0.717, 1.165) is 42.5 Å². The molecule has 164 valence electrons. The molecule has 0 radical (unpaired) electrons. The summed E-state index contributed by atoms with van der Waals surface area (Å²) in [6.45, 7) is 13.7.